The third kappa shape index (κ3) is 4.16. The average molecular weight is 356 g/mol. The third-order valence-electron chi connectivity index (χ3n) is 3.63. The summed E-state index contributed by atoms with van der Waals surface area (Å²) < 4.78 is 40.7. The zero-order valence-corrected chi connectivity index (χ0v) is 14.3. The summed E-state index contributed by atoms with van der Waals surface area (Å²) in [4.78, 5) is 0.247. The van der Waals surface area contributed by atoms with E-state index in [9.17, 15) is 12.8 Å². The molecule has 0 saturated carbocycles. The van der Waals surface area contributed by atoms with Gasteiger partial charge in [-0.2, -0.15) is 0 Å². The Labute approximate surface area is 146 Å². The van der Waals surface area contributed by atoms with Gasteiger partial charge in [0.05, 0.1) is 4.90 Å². The van der Waals surface area contributed by atoms with Crippen molar-refractivity contribution < 1.29 is 12.8 Å². The van der Waals surface area contributed by atoms with Crippen LogP contribution in [0, 0.1) is 12.7 Å². The minimum Gasteiger partial charge on any atom is -0.355 e. The maximum atomic E-state index is 13.2. The molecular weight excluding hydrogens is 339 g/mol. The lowest BCUT2D eigenvalue weighted by Crippen LogP contribution is -2.14. The first-order valence-corrected chi connectivity index (χ1v) is 9.13. The van der Waals surface area contributed by atoms with Crippen molar-refractivity contribution in [1.29, 1.82) is 0 Å². The van der Waals surface area contributed by atoms with Crippen molar-refractivity contribution in [2.24, 2.45) is 0 Å². The molecule has 0 fully saturated rings. The highest BCUT2D eigenvalue weighted by Gasteiger charge is 2.16. The first-order valence-electron chi connectivity index (χ1n) is 7.65. The van der Waals surface area contributed by atoms with E-state index in [1.807, 2.05) is 0 Å². The van der Waals surface area contributed by atoms with E-state index in [0.29, 0.717) is 16.9 Å². The van der Waals surface area contributed by atoms with Crippen molar-refractivity contribution in [3.8, 4) is 0 Å². The number of rotatable bonds is 5. The van der Waals surface area contributed by atoms with E-state index in [1.165, 1.54) is 12.1 Å². The number of nitrogens with one attached hydrogen (secondary N) is 2. The van der Waals surface area contributed by atoms with E-state index in [2.05, 4.69) is 10.0 Å². The Bertz CT molecular complexity index is 986. The topological polar surface area (TPSA) is 58.2 Å². The Morgan fingerprint density at radius 3 is 2.16 bits per heavy atom. The van der Waals surface area contributed by atoms with E-state index < -0.39 is 10.0 Å². The van der Waals surface area contributed by atoms with Crippen LogP contribution in [-0.2, 0) is 10.0 Å². The molecule has 6 heteroatoms. The van der Waals surface area contributed by atoms with Gasteiger partial charge in [-0.15, -0.1) is 0 Å². The first kappa shape index (κ1) is 17.0. The van der Waals surface area contributed by atoms with Crippen LogP contribution in [0.25, 0.3) is 0 Å². The Hall–Kier alpha value is -2.86. The highest BCUT2D eigenvalue weighted by atomic mass is 32.2. The molecule has 3 aromatic carbocycles. The zero-order valence-electron chi connectivity index (χ0n) is 13.5. The quantitative estimate of drug-likeness (QED) is 0.698. The van der Waals surface area contributed by atoms with E-state index in [4.69, 9.17) is 0 Å². The molecule has 0 amide bonds. The third-order valence-corrected chi connectivity index (χ3v) is 5.18. The molecule has 0 saturated heterocycles. The molecule has 0 aliphatic carbocycles. The molecule has 128 valence electrons. The molecule has 0 spiro atoms. The van der Waals surface area contributed by atoms with Crippen LogP contribution in [0.5, 0.6) is 0 Å². The van der Waals surface area contributed by atoms with Gasteiger partial charge < -0.3 is 5.32 Å². The molecule has 2 N–H and O–H groups in total. The number of benzene rings is 3. The molecule has 4 nitrogen and oxygen atoms in total. The van der Waals surface area contributed by atoms with Crippen molar-refractivity contribution in [3.63, 3.8) is 0 Å². The maximum absolute atomic E-state index is 13.2. The lowest BCUT2D eigenvalue weighted by molar-refractivity contribution is 0.600. The average Bonchev–Trinajstić information content (AvgIpc) is 2.57. The van der Waals surface area contributed by atoms with Crippen molar-refractivity contribution in [2.75, 3.05) is 10.0 Å². The predicted molar refractivity (Wildman–Crippen MR) is 98.1 cm³/mol. The van der Waals surface area contributed by atoms with E-state index >= 15 is 0 Å². The molecular formula is C19H17FN2O2S. The molecule has 0 aromatic heterocycles. The number of aryl methyl sites for hydroxylation is 1. The van der Waals surface area contributed by atoms with Gasteiger partial charge in [-0.05, 0) is 61.0 Å². The summed E-state index contributed by atoms with van der Waals surface area (Å²) in [7, 11) is -3.64. The molecule has 0 radical (unpaired) electrons. The second kappa shape index (κ2) is 6.94. The zero-order chi connectivity index (χ0) is 17.9. The van der Waals surface area contributed by atoms with Gasteiger partial charge in [-0.25, -0.2) is 12.8 Å². The molecule has 0 atom stereocenters. The van der Waals surface area contributed by atoms with Crippen LogP contribution in [0.15, 0.2) is 77.7 Å². The number of sulfonamides is 1. The van der Waals surface area contributed by atoms with Crippen molar-refractivity contribution in [2.45, 2.75) is 11.8 Å². The first-order chi connectivity index (χ1) is 11.9. The SMILES string of the molecule is Cc1ccccc1S(=O)(=O)Nc1ccc(Nc2cccc(F)c2)cc1. The van der Waals surface area contributed by atoms with Gasteiger partial charge in [0, 0.05) is 17.1 Å². The lowest BCUT2D eigenvalue weighted by Gasteiger charge is -2.11. The van der Waals surface area contributed by atoms with Gasteiger partial charge in [0.1, 0.15) is 5.82 Å². The van der Waals surface area contributed by atoms with Gasteiger partial charge in [0.2, 0.25) is 0 Å². The van der Waals surface area contributed by atoms with Gasteiger partial charge >= 0.3 is 0 Å². The van der Waals surface area contributed by atoms with Crippen molar-refractivity contribution >= 4 is 27.1 Å². The fourth-order valence-corrected chi connectivity index (χ4v) is 3.73. The Kier molecular flexibility index (Phi) is 4.72. The molecule has 0 aliphatic heterocycles. The van der Waals surface area contributed by atoms with E-state index in [0.717, 1.165) is 5.69 Å². The van der Waals surface area contributed by atoms with Crippen LogP contribution < -0.4 is 10.0 Å². The van der Waals surface area contributed by atoms with Gasteiger partial charge in [-0.3, -0.25) is 4.72 Å². The smallest absolute Gasteiger partial charge is 0.262 e. The largest absolute Gasteiger partial charge is 0.355 e. The second-order valence-electron chi connectivity index (χ2n) is 5.58. The monoisotopic (exact) mass is 356 g/mol. The van der Waals surface area contributed by atoms with E-state index in [1.54, 1.807) is 67.6 Å². The minimum absolute atomic E-state index is 0.247. The van der Waals surface area contributed by atoms with Crippen molar-refractivity contribution in [3.05, 3.63) is 84.2 Å². The Balaban J connectivity index is 1.75. The highest BCUT2D eigenvalue weighted by molar-refractivity contribution is 7.92. The maximum Gasteiger partial charge on any atom is 0.262 e. The standard InChI is InChI=1S/C19H17FN2O2S/c1-14-5-2-3-8-19(14)25(23,24)22-17-11-9-16(10-12-17)21-18-7-4-6-15(20)13-18/h2-13,21-22H,1H3. The molecule has 0 heterocycles. The number of hydrogen-bond acceptors (Lipinski definition) is 3. The summed E-state index contributed by atoms with van der Waals surface area (Å²) in [5.74, 6) is -0.326. The highest BCUT2D eigenvalue weighted by Crippen LogP contribution is 2.22. The molecule has 3 rings (SSSR count). The normalized spacial score (nSPS) is 11.1. The fraction of sp³-hybridized carbons (Fsp3) is 0.0526. The summed E-state index contributed by atoms with van der Waals surface area (Å²) in [5.41, 5.74) is 2.48. The summed E-state index contributed by atoms with van der Waals surface area (Å²) in [6, 6.07) is 19.7. The Morgan fingerprint density at radius 1 is 0.800 bits per heavy atom. The fourth-order valence-electron chi connectivity index (χ4n) is 2.42. The molecule has 0 unspecified atom stereocenters. The van der Waals surface area contributed by atoms with Gasteiger partial charge in [0.15, 0.2) is 0 Å². The molecule has 3 aromatic rings. The summed E-state index contributed by atoms with van der Waals surface area (Å²) in [5, 5.41) is 3.06. The predicted octanol–water partition coefficient (Wildman–Crippen LogP) is 4.68. The second-order valence-corrected chi connectivity index (χ2v) is 7.23. The Morgan fingerprint density at radius 2 is 1.48 bits per heavy atom. The molecule has 25 heavy (non-hydrogen) atoms. The lowest BCUT2D eigenvalue weighted by atomic mass is 10.2. The minimum atomic E-state index is -3.64. The van der Waals surface area contributed by atoms with E-state index in [-0.39, 0.29) is 10.7 Å². The summed E-state index contributed by atoms with van der Waals surface area (Å²) >= 11 is 0. The van der Waals surface area contributed by atoms with Crippen LogP contribution in [0.4, 0.5) is 21.5 Å². The number of halogens is 1. The van der Waals surface area contributed by atoms with Crippen LogP contribution in [0.3, 0.4) is 0 Å². The van der Waals surface area contributed by atoms with Crippen LogP contribution in [0.1, 0.15) is 5.56 Å². The number of anilines is 3. The van der Waals surface area contributed by atoms with Gasteiger partial charge in [0.25, 0.3) is 10.0 Å². The van der Waals surface area contributed by atoms with Crippen LogP contribution >= 0.6 is 0 Å². The van der Waals surface area contributed by atoms with Crippen LogP contribution in [0.2, 0.25) is 0 Å². The molecule has 0 aliphatic rings. The van der Waals surface area contributed by atoms with Crippen LogP contribution in [-0.4, -0.2) is 8.42 Å². The summed E-state index contributed by atoms with van der Waals surface area (Å²) in [6.07, 6.45) is 0. The summed E-state index contributed by atoms with van der Waals surface area (Å²) in [6.45, 7) is 1.75. The van der Waals surface area contributed by atoms with Crippen molar-refractivity contribution in [1.82, 2.24) is 0 Å². The number of hydrogen-bond donors (Lipinski definition) is 2. The van der Waals surface area contributed by atoms with Gasteiger partial charge in [-0.1, -0.05) is 24.3 Å². The molecule has 0 bridgehead atoms.